The van der Waals surface area contributed by atoms with Crippen LogP contribution in [0.5, 0.6) is 0 Å². The monoisotopic (exact) mass is 277 g/mol. The van der Waals surface area contributed by atoms with E-state index in [4.69, 9.17) is 11.5 Å². The summed E-state index contributed by atoms with van der Waals surface area (Å²) in [5.41, 5.74) is 11.3. The van der Waals surface area contributed by atoms with Crippen molar-refractivity contribution in [1.82, 2.24) is 9.88 Å². The highest BCUT2D eigenvalue weighted by molar-refractivity contribution is 5.98. The first kappa shape index (κ1) is 14.1. The van der Waals surface area contributed by atoms with Crippen LogP contribution >= 0.6 is 0 Å². The molecular weight excluding hydrogens is 258 g/mol. The minimum atomic E-state index is -0.596. The molecule has 1 fully saturated rings. The van der Waals surface area contributed by atoms with Crippen molar-refractivity contribution < 1.29 is 9.59 Å². The van der Waals surface area contributed by atoms with Gasteiger partial charge in [-0.3, -0.25) is 9.59 Å². The number of nitrogen functional groups attached to an aromatic ring is 1. The van der Waals surface area contributed by atoms with Crippen molar-refractivity contribution in [3.63, 3.8) is 0 Å². The van der Waals surface area contributed by atoms with Gasteiger partial charge >= 0.3 is 0 Å². The van der Waals surface area contributed by atoms with Crippen LogP contribution in [0.4, 0.5) is 11.5 Å². The minimum Gasteiger partial charge on any atom is -0.397 e. The van der Waals surface area contributed by atoms with Crippen LogP contribution in [0.25, 0.3) is 0 Å². The van der Waals surface area contributed by atoms with Gasteiger partial charge < -0.3 is 21.7 Å². The van der Waals surface area contributed by atoms with Crippen molar-refractivity contribution in [3.05, 3.63) is 17.8 Å². The average molecular weight is 277 g/mol. The molecule has 0 unspecified atom stereocenters. The number of nitrogens with zero attached hydrogens (tertiary/aromatic N) is 2. The lowest BCUT2D eigenvalue weighted by Gasteiger charge is -2.15. The van der Waals surface area contributed by atoms with Crippen LogP contribution in [-0.2, 0) is 4.79 Å². The van der Waals surface area contributed by atoms with E-state index in [0.29, 0.717) is 18.8 Å². The summed E-state index contributed by atoms with van der Waals surface area (Å²) < 4.78 is 0. The molecule has 0 aliphatic carbocycles. The Hall–Kier alpha value is -2.31. The largest absolute Gasteiger partial charge is 0.397 e. The van der Waals surface area contributed by atoms with Gasteiger partial charge in [-0.25, -0.2) is 4.98 Å². The zero-order valence-electron chi connectivity index (χ0n) is 11.3. The molecule has 2 heterocycles. The molecule has 108 valence electrons. The first-order valence-electron chi connectivity index (χ1n) is 6.65. The maximum absolute atomic E-state index is 11.8. The van der Waals surface area contributed by atoms with Gasteiger partial charge in [-0.05, 0) is 18.9 Å². The van der Waals surface area contributed by atoms with Gasteiger partial charge in [-0.2, -0.15) is 0 Å². The van der Waals surface area contributed by atoms with Crippen molar-refractivity contribution in [2.45, 2.75) is 19.3 Å². The maximum atomic E-state index is 11.8. The first-order valence-corrected chi connectivity index (χ1v) is 6.65. The number of rotatable bonds is 5. The number of pyridine rings is 1. The van der Waals surface area contributed by atoms with Crippen LogP contribution in [0.1, 0.15) is 29.6 Å². The molecule has 0 atom stereocenters. The lowest BCUT2D eigenvalue weighted by molar-refractivity contribution is -0.129. The third kappa shape index (κ3) is 3.37. The van der Waals surface area contributed by atoms with Crippen LogP contribution in [-0.4, -0.2) is 41.3 Å². The number of primary amides is 1. The fourth-order valence-corrected chi connectivity index (χ4v) is 2.20. The number of amides is 2. The Bertz CT molecular complexity index is 511. The topological polar surface area (TPSA) is 114 Å². The van der Waals surface area contributed by atoms with E-state index in [0.717, 1.165) is 25.9 Å². The van der Waals surface area contributed by atoms with E-state index >= 15 is 0 Å². The van der Waals surface area contributed by atoms with Gasteiger partial charge in [0.2, 0.25) is 5.91 Å². The molecule has 1 aliphatic heterocycles. The van der Waals surface area contributed by atoms with Gasteiger partial charge in [-0.1, -0.05) is 0 Å². The van der Waals surface area contributed by atoms with Gasteiger partial charge in [0.25, 0.3) is 5.91 Å². The van der Waals surface area contributed by atoms with Crippen LogP contribution in [0, 0.1) is 0 Å². The normalized spacial score (nSPS) is 14.3. The third-order valence-electron chi connectivity index (χ3n) is 3.30. The molecule has 0 saturated carbocycles. The van der Waals surface area contributed by atoms with Crippen molar-refractivity contribution >= 4 is 23.3 Å². The number of aromatic nitrogens is 1. The fourth-order valence-electron chi connectivity index (χ4n) is 2.20. The zero-order valence-corrected chi connectivity index (χ0v) is 11.3. The highest BCUT2D eigenvalue weighted by atomic mass is 16.2. The Balaban J connectivity index is 1.86. The summed E-state index contributed by atoms with van der Waals surface area (Å²) in [6.45, 7) is 2.17. The quantitative estimate of drug-likeness (QED) is 0.710. The smallest absolute Gasteiger partial charge is 0.250 e. The molecule has 0 aromatic carbocycles. The molecule has 0 bridgehead atoms. The molecule has 7 heteroatoms. The molecule has 7 nitrogen and oxygen atoms in total. The number of likely N-dealkylation sites (tertiary alicyclic amines) is 1. The highest BCUT2D eigenvalue weighted by Gasteiger charge is 2.17. The van der Waals surface area contributed by atoms with Gasteiger partial charge in [-0.15, -0.1) is 0 Å². The second-order valence-corrected chi connectivity index (χ2v) is 4.79. The van der Waals surface area contributed by atoms with Crippen molar-refractivity contribution in [2.24, 2.45) is 5.73 Å². The molecule has 5 N–H and O–H groups in total. The summed E-state index contributed by atoms with van der Waals surface area (Å²) in [5.74, 6) is 0.0314. The molecule has 0 radical (unpaired) electrons. The molecule has 1 aromatic heterocycles. The lowest BCUT2D eigenvalue weighted by atomic mass is 10.2. The minimum absolute atomic E-state index is 0.139. The van der Waals surface area contributed by atoms with E-state index in [-0.39, 0.29) is 17.2 Å². The number of carbonyl (C=O) groups excluding carboxylic acids is 2. The van der Waals surface area contributed by atoms with Gasteiger partial charge in [0, 0.05) is 26.1 Å². The Kier molecular flexibility index (Phi) is 4.39. The molecule has 2 rings (SSSR count). The predicted octanol–water partition coefficient (Wildman–Crippen LogP) is 0.187. The number of hydrogen-bond acceptors (Lipinski definition) is 5. The summed E-state index contributed by atoms with van der Waals surface area (Å²) in [5, 5.41) is 3.00. The van der Waals surface area contributed by atoms with E-state index in [1.54, 1.807) is 0 Å². The Labute approximate surface area is 117 Å². The fraction of sp³-hybridized carbons (Fsp3) is 0.462. The maximum Gasteiger partial charge on any atom is 0.250 e. The second kappa shape index (κ2) is 6.23. The summed E-state index contributed by atoms with van der Waals surface area (Å²) in [4.78, 5) is 28.9. The number of nitrogens with two attached hydrogens (primary N) is 2. The summed E-state index contributed by atoms with van der Waals surface area (Å²) in [7, 11) is 0. The van der Waals surface area contributed by atoms with Crippen molar-refractivity contribution in [2.75, 3.05) is 30.7 Å². The van der Waals surface area contributed by atoms with Gasteiger partial charge in [0.1, 0.15) is 5.82 Å². The van der Waals surface area contributed by atoms with Gasteiger partial charge in [0.15, 0.2) is 0 Å². The molecule has 1 saturated heterocycles. The van der Waals surface area contributed by atoms with Crippen LogP contribution in [0.2, 0.25) is 0 Å². The Morgan fingerprint density at radius 1 is 1.35 bits per heavy atom. The summed E-state index contributed by atoms with van der Waals surface area (Å²) >= 11 is 0. The summed E-state index contributed by atoms with van der Waals surface area (Å²) in [6.07, 6.45) is 3.95. The molecule has 20 heavy (non-hydrogen) atoms. The SMILES string of the molecule is NC(=O)c1cc(NCCC(=O)N2CCCC2)ncc1N. The first-order chi connectivity index (χ1) is 9.58. The Morgan fingerprint density at radius 2 is 2.05 bits per heavy atom. The number of nitrogens with one attached hydrogen (secondary N) is 1. The number of hydrogen-bond donors (Lipinski definition) is 3. The lowest BCUT2D eigenvalue weighted by Crippen LogP contribution is -2.29. The zero-order chi connectivity index (χ0) is 14.5. The molecule has 0 spiro atoms. The number of anilines is 2. The molecule has 1 aromatic rings. The Morgan fingerprint density at radius 3 is 2.70 bits per heavy atom. The molecule has 2 amide bonds. The van der Waals surface area contributed by atoms with Crippen molar-refractivity contribution in [3.8, 4) is 0 Å². The molecular formula is C13H19N5O2. The number of carbonyl (C=O) groups is 2. The van der Waals surface area contributed by atoms with E-state index < -0.39 is 5.91 Å². The van der Waals surface area contributed by atoms with Crippen molar-refractivity contribution in [1.29, 1.82) is 0 Å². The van der Waals surface area contributed by atoms with Crippen LogP contribution in [0.15, 0.2) is 12.3 Å². The second-order valence-electron chi connectivity index (χ2n) is 4.79. The highest BCUT2D eigenvalue weighted by Crippen LogP contribution is 2.14. The third-order valence-corrected chi connectivity index (χ3v) is 3.30. The van der Waals surface area contributed by atoms with E-state index in [2.05, 4.69) is 10.3 Å². The summed E-state index contributed by atoms with van der Waals surface area (Å²) in [6, 6.07) is 1.50. The molecule has 1 aliphatic rings. The standard InChI is InChI=1S/C13H19N5O2/c14-10-8-17-11(7-9(10)13(15)20)16-4-3-12(19)18-5-1-2-6-18/h7-8H,1-6,14H2,(H2,15,20)(H,16,17). The average Bonchev–Trinajstić information content (AvgIpc) is 2.94. The van der Waals surface area contributed by atoms with E-state index in [1.165, 1.54) is 12.3 Å². The van der Waals surface area contributed by atoms with E-state index in [1.807, 2.05) is 4.90 Å². The van der Waals surface area contributed by atoms with E-state index in [9.17, 15) is 9.59 Å². The predicted molar refractivity (Wildman–Crippen MR) is 76.1 cm³/mol. The van der Waals surface area contributed by atoms with Gasteiger partial charge in [0.05, 0.1) is 17.4 Å². The van der Waals surface area contributed by atoms with Crippen LogP contribution in [0.3, 0.4) is 0 Å². The van der Waals surface area contributed by atoms with Crippen LogP contribution < -0.4 is 16.8 Å².